The van der Waals surface area contributed by atoms with Crippen molar-refractivity contribution < 1.29 is 14.7 Å². The summed E-state index contributed by atoms with van der Waals surface area (Å²) < 4.78 is 0. The largest absolute Gasteiger partial charge is 0.481 e. The van der Waals surface area contributed by atoms with Crippen LogP contribution >= 0.6 is 0 Å². The van der Waals surface area contributed by atoms with Gasteiger partial charge in [0.25, 0.3) is 0 Å². The zero-order valence-electron chi connectivity index (χ0n) is 11.7. The molecule has 1 aromatic carbocycles. The van der Waals surface area contributed by atoms with E-state index in [9.17, 15) is 9.59 Å². The van der Waals surface area contributed by atoms with Gasteiger partial charge in [0.1, 0.15) is 6.07 Å². The van der Waals surface area contributed by atoms with Crippen LogP contribution in [0.15, 0.2) is 24.3 Å². The van der Waals surface area contributed by atoms with Crippen molar-refractivity contribution in [2.75, 3.05) is 11.4 Å². The van der Waals surface area contributed by atoms with Crippen molar-refractivity contribution >= 4 is 17.6 Å². The van der Waals surface area contributed by atoms with Gasteiger partial charge in [0.05, 0.1) is 17.7 Å². The molecule has 0 aliphatic carbocycles. The van der Waals surface area contributed by atoms with Gasteiger partial charge in [-0.3, -0.25) is 9.59 Å². The number of rotatable bonds is 6. The van der Waals surface area contributed by atoms with Crippen molar-refractivity contribution in [3.8, 4) is 6.07 Å². The van der Waals surface area contributed by atoms with Gasteiger partial charge in [-0.05, 0) is 18.1 Å². The van der Waals surface area contributed by atoms with E-state index < -0.39 is 5.97 Å². The minimum atomic E-state index is -0.971. The maximum absolute atomic E-state index is 12.3. The molecule has 0 heterocycles. The smallest absolute Gasteiger partial charge is 0.305 e. The summed E-state index contributed by atoms with van der Waals surface area (Å²) in [4.78, 5) is 24.4. The van der Waals surface area contributed by atoms with Gasteiger partial charge in [-0.1, -0.05) is 26.0 Å². The van der Waals surface area contributed by atoms with Crippen LogP contribution in [0.1, 0.15) is 32.3 Å². The van der Waals surface area contributed by atoms with Crippen LogP contribution < -0.4 is 4.90 Å². The zero-order chi connectivity index (χ0) is 15.1. The summed E-state index contributed by atoms with van der Waals surface area (Å²) >= 11 is 0. The molecule has 1 amide bonds. The van der Waals surface area contributed by atoms with Crippen LogP contribution in [0.3, 0.4) is 0 Å². The maximum atomic E-state index is 12.3. The van der Waals surface area contributed by atoms with Crippen molar-refractivity contribution in [1.82, 2.24) is 0 Å². The molecule has 0 spiro atoms. The average molecular weight is 274 g/mol. The van der Waals surface area contributed by atoms with Crippen LogP contribution in [0.5, 0.6) is 0 Å². The Morgan fingerprint density at radius 2 is 2.00 bits per heavy atom. The molecule has 0 bridgehead atoms. The Morgan fingerprint density at radius 3 is 2.55 bits per heavy atom. The quantitative estimate of drug-likeness (QED) is 0.863. The third kappa shape index (κ3) is 4.39. The van der Waals surface area contributed by atoms with Gasteiger partial charge in [-0.2, -0.15) is 5.26 Å². The lowest BCUT2D eigenvalue weighted by atomic mass is 10.1. The summed E-state index contributed by atoms with van der Waals surface area (Å²) in [7, 11) is 0. The molecule has 0 saturated heterocycles. The Balaban J connectivity index is 3.06. The van der Waals surface area contributed by atoms with Crippen molar-refractivity contribution in [2.24, 2.45) is 5.92 Å². The first-order chi connectivity index (χ1) is 9.45. The van der Waals surface area contributed by atoms with Gasteiger partial charge >= 0.3 is 5.97 Å². The highest BCUT2D eigenvalue weighted by Crippen LogP contribution is 2.21. The number of aliphatic carboxylic acids is 1. The summed E-state index contributed by atoms with van der Waals surface area (Å²) in [6.45, 7) is 3.91. The molecule has 0 aliphatic heterocycles. The number of amides is 1. The number of hydrogen-bond donors (Lipinski definition) is 1. The van der Waals surface area contributed by atoms with E-state index >= 15 is 0 Å². The van der Waals surface area contributed by atoms with Crippen LogP contribution in [-0.2, 0) is 9.59 Å². The Morgan fingerprint density at radius 1 is 1.35 bits per heavy atom. The molecule has 0 aromatic heterocycles. The fourth-order valence-corrected chi connectivity index (χ4v) is 1.85. The molecule has 1 rings (SSSR count). The second kappa shape index (κ2) is 7.29. The van der Waals surface area contributed by atoms with E-state index in [2.05, 4.69) is 0 Å². The van der Waals surface area contributed by atoms with E-state index in [-0.39, 0.29) is 24.8 Å². The summed E-state index contributed by atoms with van der Waals surface area (Å²) in [5, 5.41) is 17.9. The second-order valence-corrected chi connectivity index (χ2v) is 4.92. The molecule has 106 valence electrons. The molecule has 5 heteroatoms. The number of carboxylic acids is 1. The summed E-state index contributed by atoms with van der Waals surface area (Å²) in [6, 6.07) is 8.75. The van der Waals surface area contributed by atoms with Gasteiger partial charge in [0.15, 0.2) is 0 Å². The molecular weight excluding hydrogens is 256 g/mol. The molecule has 0 radical (unpaired) electrons. The normalized spacial score (nSPS) is 10.1. The highest BCUT2D eigenvalue weighted by Gasteiger charge is 2.20. The molecule has 0 unspecified atom stereocenters. The lowest BCUT2D eigenvalue weighted by Gasteiger charge is -2.24. The molecule has 20 heavy (non-hydrogen) atoms. The Bertz CT molecular complexity index is 532. The van der Waals surface area contributed by atoms with Gasteiger partial charge in [-0.15, -0.1) is 0 Å². The molecule has 5 nitrogen and oxygen atoms in total. The van der Waals surface area contributed by atoms with Crippen molar-refractivity contribution in [2.45, 2.75) is 26.7 Å². The first-order valence-corrected chi connectivity index (χ1v) is 6.47. The molecule has 0 fully saturated rings. The number of carbonyl (C=O) groups excluding carboxylic acids is 1. The fourth-order valence-electron chi connectivity index (χ4n) is 1.85. The van der Waals surface area contributed by atoms with E-state index in [0.717, 1.165) is 0 Å². The number of nitrogens with zero attached hydrogens (tertiary/aromatic N) is 2. The summed E-state index contributed by atoms with van der Waals surface area (Å²) in [5.41, 5.74) is 0.844. The van der Waals surface area contributed by atoms with Gasteiger partial charge < -0.3 is 10.0 Å². The van der Waals surface area contributed by atoms with E-state index in [1.165, 1.54) is 4.90 Å². The Labute approximate surface area is 118 Å². The highest BCUT2D eigenvalue weighted by atomic mass is 16.4. The molecule has 0 atom stereocenters. The first-order valence-electron chi connectivity index (χ1n) is 6.47. The van der Waals surface area contributed by atoms with Crippen LogP contribution in [-0.4, -0.2) is 23.5 Å². The van der Waals surface area contributed by atoms with Crippen LogP contribution in [0.2, 0.25) is 0 Å². The molecule has 0 aliphatic rings. The summed E-state index contributed by atoms with van der Waals surface area (Å²) in [5.74, 6) is -0.963. The third-order valence-electron chi connectivity index (χ3n) is 2.75. The number of hydrogen-bond acceptors (Lipinski definition) is 3. The van der Waals surface area contributed by atoms with E-state index in [1.54, 1.807) is 24.3 Å². The van der Waals surface area contributed by atoms with E-state index in [4.69, 9.17) is 10.4 Å². The minimum absolute atomic E-state index is 0.0690. The standard InChI is InChI=1S/C15H18N2O3/c1-11(2)9-14(18)17(8-7-15(19)20)13-6-4-3-5-12(13)10-16/h3-6,11H,7-9H2,1-2H3,(H,19,20). The van der Waals surface area contributed by atoms with Gasteiger partial charge in [-0.25, -0.2) is 0 Å². The van der Waals surface area contributed by atoms with Crippen molar-refractivity contribution in [3.63, 3.8) is 0 Å². The van der Waals surface area contributed by atoms with Crippen LogP contribution in [0.25, 0.3) is 0 Å². The molecule has 1 aromatic rings. The Hall–Kier alpha value is -2.35. The van der Waals surface area contributed by atoms with Gasteiger partial charge in [0, 0.05) is 13.0 Å². The van der Waals surface area contributed by atoms with Crippen LogP contribution in [0.4, 0.5) is 5.69 Å². The zero-order valence-corrected chi connectivity index (χ0v) is 11.7. The molecule has 1 N–H and O–H groups in total. The average Bonchev–Trinajstić information content (AvgIpc) is 2.38. The summed E-state index contributed by atoms with van der Waals surface area (Å²) in [6.07, 6.45) is 0.170. The maximum Gasteiger partial charge on any atom is 0.305 e. The number of para-hydroxylation sites is 1. The lowest BCUT2D eigenvalue weighted by molar-refractivity contribution is -0.136. The predicted octanol–water partition coefficient (Wildman–Crippen LogP) is 2.41. The van der Waals surface area contributed by atoms with E-state index in [0.29, 0.717) is 17.7 Å². The monoisotopic (exact) mass is 274 g/mol. The molecule has 0 saturated carbocycles. The fraction of sp³-hybridized carbons (Fsp3) is 0.400. The van der Waals surface area contributed by atoms with Gasteiger partial charge in [0.2, 0.25) is 5.91 Å². The first kappa shape index (κ1) is 15.7. The second-order valence-electron chi connectivity index (χ2n) is 4.92. The predicted molar refractivity (Wildman–Crippen MR) is 75.2 cm³/mol. The SMILES string of the molecule is CC(C)CC(=O)N(CCC(=O)O)c1ccccc1C#N. The number of benzene rings is 1. The Kier molecular flexibility index (Phi) is 5.73. The molecular formula is C15H18N2O3. The van der Waals surface area contributed by atoms with Crippen molar-refractivity contribution in [3.05, 3.63) is 29.8 Å². The van der Waals surface area contributed by atoms with E-state index in [1.807, 2.05) is 19.9 Å². The number of nitriles is 1. The number of anilines is 1. The number of carbonyl (C=O) groups is 2. The van der Waals surface area contributed by atoms with Crippen LogP contribution in [0, 0.1) is 17.2 Å². The number of carboxylic acid groups (broad SMARTS) is 1. The lowest BCUT2D eigenvalue weighted by Crippen LogP contribution is -2.34. The topological polar surface area (TPSA) is 81.4 Å². The third-order valence-corrected chi connectivity index (χ3v) is 2.75. The van der Waals surface area contributed by atoms with Crippen molar-refractivity contribution in [1.29, 1.82) is 5.26 Å². The minimum Gasteiger partial charge on any atom is -0.481 e. The highest BCUT2D eigenvalue weighted by molar-refractivity contribution is 5.95.